The van der Waals surface area contributed by atoms with Crippen molar-refractivity contribution in [3.8, 4) is 5.75 Å². The second-order valence-electron chi connectivity index (χ2n) is 7.02. The van der Waals surface area contributed by atoms with Gasteiger partial charge in [-0.15, -0.1) is 0 Å². The highest BCUT2D eigenvalue weighted by Crippen LogP contribution is 2.26. The molecule has 3 rings (SSSR count). The number of para-hydroxylation sites is 1. The maximum Gasteiger partial charge on any atom is 0.251 e. The minimum absolute atomic E-state index is 0.0287. The van der Waals surface area contributed by atoms with Gasteiger partial charge in [-0.05, 0) is 49.1 Å². The Bertz CT molecular complexity index is 819. The molecule has 0 saturated heterocycles. The van der Waals surface area contributed by atoms with Crippen LogP contribution in [0.3, 0.4) is 0 Å². The molecule has 0 unspecified atom stereocenters. The van der Waals surface area contributed by atoms with Crippen LogP contribution in [0.5, 0.6) is 5.75 Å². The zero-order valence-corrected chi connectivity index (χ0v) is 15.8. The van der Waals surface area contributed by atoms with Gasteiger partial charge in [-0.25, -0.2) is 0 Å². The number of carbonyl (C=O) groups is 2. The standard InChI is InChI=1S/C22H26N2O3/c1-3-15(2)24-22(26)18-9-6-7-16(11-18)13-23-21(25)19-12-17-8-4-5-10-20(17)27-14-19/h4-11,15,19H,3,12-14H2,1-2H3,(H,23,25)(H,24,26)/t15-,19-/m1/s1. The molecule has 27 heavy (non-hydrogen) atoms. The predicted molar refractivity (Wildman–Crippen MR) is 105 cm³/mol. The fourth-order valence-corrected chi connectivity index (χ4v) is 3.06. The lowest BCUT2D eigenvalue weighted by molar-refractivity contribution is -0.126. The number of ether oxygens (including phenoxy) is 1. The van der Waals surface area contributed by atoms with Crippen molar-refractivity contribution in [3.05, 3.63) is 65.2 Å². The van der Waals surface area contributed by atoms with E-state index < -0.39 is 0 Å². The van der Waals surface area contributed by atoms with E-state index in [1.54, 1.807) is 6.07 Å². The molecule has 2 aromatic carbocycles. The van der Waals surface area contributed by atoms with Crippen LogP contribution in [0.4, 0.5) is 0 Å². The summed E-state index contributed by atoms with van der Waals surface area (Å²) in [5, 5.41) is 5.92. The van der Waals surface area contributed by atoms with Crippen LogP contribution in [-0.2, 0) is 17.8 Å². The third kappa shape index (κ3) is 4.88. The predicted octanol–water partition coefficient (Wildman–Crippen LogP) is 3.08. The zero-order chi connectivity index (χ0) is 19.2. The molecule has 0 saturated carbocycles. The van der Waals surface area contributed by atoms with Gasteiger partial charge in [0, 0.05) is 18.2 Å². The Morgan fingerprint density at radius 1 is 1.19 bits per heavy atom. The van der Waals surface area contributed by atoms with Crippen molar-refractivity contribution in [1.82, 2.24) is 10.6 Å². The van der Waals surface area contributed by atoms with Crippen LogP contribution in [0.2, 0.25) is 0 Å². The Morgan fingerprint density at radius 2 is 2.00 bits per heavy atom. The molecule has 0 aliphatic carbocycles. The molecule has 0 bridgehead atoms. The Kier molecular flexibility index (Phi) is 6.12. The van der Waals surface area contributed by atoms with Crippen molar-refractivity contribution < 1.29 is 14.3 Å². The monoisotopic (exact) mass is 366 g/mol. The van der Waals surface area contributed by atoms with Gasteiger partial charge in [0.05, 0.1) is 5.92 Å². The molecule has 0 spiro atoms. The zero-order valence-electron chi connectivity index (χ0n) is 15.8. The van der Waals surface area contributed by atoms with Crippen LogP contribution < -0.4 is 15.4 Å². The second-order valence-corrected chi connectivity index (χ2v) is 7.02. The van der Waals surface area contributed by atoms with E-state index in [4.69, 9.17) is 4.74 Å². The maximum atomic E-state index is 12.5. The number of hydrogen-bond donors (Lipinski definition) is 2. The van der Waals surface area contributed by atoms with Crippen molar-refractivity contribution in [2.24, 2.45) is 5.92 Å². The summed E-state index contributed by atoms with van der Waals surface area (Å²) >= 11 is 0. The van der Waals surface area contributed by atoms with Gasteiger partial charge in [-0.2, -0.15) is 0 Å². The van der Waals surface area contributed by atoms with Crippen LogP contribution in [-0.4, -0.2) is 24.5 Å². The molecule has 2 N–H and O–H groups in total. The fourth-order valence-electron chi connectivity index (χ4n) is 3.06. The first-order chi connectivity index (χ1) is 13.1. The third-order valence-electron chi connectivity index (χ3n) is 4.90. The van der Waals surface area contributed by atoms with E-state index in [0.29, 0.717) is 25.1 Å². The molecule has 0 radical (unpaired) electrons. The Balaban J connectivity index is 1.56. The molecule has 1 heterocycles. The number of rotatable bonds is 6. The number of carbonyl (C=O) groups excluding carboxylic acids is 2. The quantitative estimate of drug-likeness (QED) is 0.826. The summed E-state index contributed by atoms with van der Waals surface area (Å²) in [6, 6.07) is 15.3. The minimum Gasteiger partial charge on any atom is -0.492 e. The first kappa shape index (κ1) is 19.0. The average molecular weight is 366 g/mol. The fraction of sp³-hybridized carbons (Fsp3) is 0.364. The first-order valence-corrected chi connectivity index (χ1v) is 9.45. The summed E-state index contributed by atoms with van der Waals surface area (Å²) in [5.74, 6) is 0.548. The van der Waals surface area contributed by atoms with E-state index in [9.17, 15) is 9.59 Å². The van der Waals surface area contributed by atoms with Crippen LogP contribution in [0.1, 0.15) is 41.8 Å². The molecule has 5 nitrogen and oxygen atoms in total. The van der Waals surface area contributed by atoms with Gasteiger partial charge in [-0.3, -0.25) is 9.59 Å². The second kappa shape index (κ2) is 8.71. The summed E-state index contributed by atoms with van der Waals surface area (Å²) in [5.41, 5.74) is 2.57. The highest BCUT2D eigenvalue weighted by Gasteiger charge is 2.25. The van der Waals surface area contributed by atoms with Crippen LogP contribution in [0.25, 0.3) is 0 Å². The molecule has 2 atom stereocenters. The lowest BCUT2D eigenvalue weighted by atomic mass is 9.96. The SMILES string of the molecule is CC[C@@H](C)NC(=O)c1cccc(CNC(=O)[C@H]2COc3ccccc3C2)c1. The highest BCUT2D eigenvalue weighted by atomic mass is 16.5. The van der Waals surface area contributed by atoms with E-state index in [2.05, 4.69) is 10.6 Å². The molecule has 2 aromatic rings. The first-order valence-electron chi connectivity index (χ1n) is 9.45. The van der Waals surface area contributed by atoms with Crippen molar-refractivity contribution in [2.75, 3.05) is 6.61 Å². The summed E-state index contributed by atoms with van der Waals surface area (Å²) in [7, 11) is 0. The van der Waals surface area contributed by atoms with Crippen molar-refractivity contribution in [1.29, 1.82) is 0 Å². The number of hydrogen-bond acceptors (Lipinski definition) is 3. The Hall–Kier alpha value is -2.82. The number of benzene rings is 2. The third-order valence-corrected chi connectivity index (χ3v) is 4.90. The van der Waals surface area contributed by atoms with Gasteiger partial charge in [-0.1, -0.05) is 37.3 Å². The average Bonchev–Trinajstić information content (AvgIpc) is 2.71. The maximum absolute atomic E-state index is 12.5. The molecule has 1 aliphatic heterocycles. The molecule has 142 valence electrons. The minimum atomic E-state index is -0.197. The van der Waals surface area contributed by atoms with E-state index in [-0.39, 0.29) is 23.8 Å². The van der Waals surface area contributed by atoms with Crippen molar-refractivity contribution in [2.45, 2.75) is 39.3 Å². The van der Waals surface area contributed by atoms with Crippen LogP contribution >= 0.6 is 0 Å². The van der Waals surface area contributed by atoms with Crippen LogP contribution in [0, 0.1) is 5.92 Å². The summed E-state index contributed by atoms with van der Waals surface area (Å²) < 4.78 is 5.69. The van der Waals surface area contributed by atoms with Crippen molar-refractivity contribution >= 4 is 11.8 Å². The van der Waals surface area contributed by atoms with Crippen LogP contribution in [0.15, 0.2) is 48.5 Å². The van der Waals surface area contributed by atoms with Gasteiger partial charge in [0.15, 0.2) is 0 Å². The lowest BCUT2D eigenvalue weighted by Crippen LogP contribution is -2.37. The van der Waals surface area contributed by atoms with E-state index in [1.807, 2.05) is 56.3 Å². The van der Waals surface area contributed by atoms with Gasteiger partial charge in [0.2, 0.25) is 5.91 Å². The summed E-state index contributed by atoms with van der Waals surface area (Å²) in [6.45, 7) is 4.79. The van der Waals surface area contributed by atoms with Gasteiger partial charge >= 0.3 is 0 Å². The number of nitrogens with one attached hydrogen (secondary N) is 2. The molecule has 1 aliphatic rings. The van der Waals surface area contributed by atoms with Gasteiger partial charge in [0.1, 0.15) is 12.4 Å². The molecule has 2 amide bonds. The topological polar surface area (TPSA) is 67.4 Å². The largest absolute Gasteiger partial charge is 0.492 e. The highest BCUT2D eigenvalue weighted by molar-refractivity contribution is 5.94. The Labute approximate surface area is 160 Å². The normalized spacial score (nSPS) is 16.6. The van der Waals surface area contributed by atoms with Crippen molar-refractivity contribution in [3.63, 3.8) is 0 Å². The molecule has 5 heteroatoms. The summed E-state index contributed by atoms with van der Waals surface area (Å²) in [4.78, 5) is 24.8. The molecular formula is C22H26N2O3. The van der Waals surface area contributed by atoms with E-state index in [1.165, 1.54) is 0 Å². The van der Waals surface area contributed by atoms with E-state index >= 15 is 0 Å². The number of fused-ring (bicyclic) bond motifs is 1. The summed E-state index contributed by atoms with van der Waals surface area (Å²) in [6.07, 6.45) is 1.56. The molecule has 0 aromatic heterocycles. The van der Waals surface area contributed by atoms with Gasteiger partial charge < -0.3 is 15.4 Å². The van der Waals surface area contributed by atoms with Gasteiger partial charge in [0.25, 0.3) is 5.91 Å². The Morgan fingerprint density at radius 3 is 2.81 bits per heavy atom. The van der Waals surface area contributed by atoms with E-state index in [0.717, 1.165) is 23.3 Å². The number of amides is 2. The molecular weight excluding hydrogens is 340 g/mol. The smallest absolute Gasteiger partial charge is 0.251 e. The molecule has 0 fully saturated rings. The lowest BCUT2D eigenvalue weighted by Gasteiger charge is -2.24.